The average molecular weight is 231 g/mol. The van der Waals surface area contributed by atoms with Crippen molar-refractivity contribution in [1.82, 2.24) is 15.0 Å². The Bertz CT molecular complexity index is 572. The van der Waals surface area contributed by atoms with Gasteiger partial charge in [-0.1, -0.05) is 6.42 Å². The fraction of sp³-hybridized carbons (Fsp3) is 0.417. The van der Waals surface area contributed by atoms with Crippen molar-refractivity contribution in [3.8, 4) is 0 Å². The number of hydrogen-bond donors (Lipinski definition) is 2. The van der Waals surface area contributed by atoms with Gasteiger partial charge in [-0.15, -0.1) is 0 Å². The number of fused-ring (bicyclic) bond motifs is 1. The number of carbonyl (C=O) groups is 1. The highest BCUT2D eigenvalue weighted by Crippen LogP contribution is 2.38. The number of rotatable bonds is 3. The van der Waals surface area contributed by atoms with Crippen LogP contribution in [0.25, 0.3) is 11.0 Å². The number of hydrogen-bond acceptors (Lipinski definition) is 3. The number of nitrogens with zero attached hydrogens (tertiary/aromatic N) is 2. The van der Waals surface area contributed by atoms with Crippen LogP contribution in [0.1, 0.15) is 36.4 Å². The first-order valence-electron chi connectivity index (χ1n) is 5.78. The maximum Gasteiger partial charge on any atom is 0.307 e. The molecule has 2 aromatic heterocycles. The molecule has 2 aromatic rings. The first-order valence-corrected chi connectivity index (χ1v) is 5.78. The molecule has 17 heavy (non-hydrogen) atoms. The first kappa shape index (κ1) is 10.3. The SMILES string of the molecule is O=C(O)Cc1c[nH]c2ncnc(C3CCC3)c12. The summed E-state index contributed by atoms with van der Waals surface area (Å²) >= 11 is 0. The van der Waals surface area contributed by atoms with Crippen LogP contribution in [0.15, 0.2) is 12.5 Å². The van der Waals surface area contributed by atoms with Gasteiger partial charge >= 0.3 is 5.97 Å². The van der Waals surface area contributed by atoms with Crippen molar-refractivity contribution in [2.45, 2.75) is 31.6 Å². The Hall–Kier alpha value is -1.91. The van der Waals surface area contributed by atoms with Gasteiger partial charge in [0.1, 0.15) is 12.0 Å². The van der Waals surface area contributed by atoms with Gasteiger partial charge in [-0.25, -0.2) is 9.97 Å². The maximum absolute atomic E-state index is 10.8. The summed E-state index contributed by atoms with van der Waals surface area (Å²) in [6.07, 6.45) is 6.82. The van der Waals surface area contributed by atoms with Crippen LogP contribution in [0.3, 0.4) is 0 Å². The van der Waals surface area contributed by atoms with Gasteiger partial charge in [0.25, 0.3) is 0 Å². The molecule has 0 bridgehead atoms. The lowest BCUT2D eigenvalue weighted by molar-refractivity contribution is -0.136. The van der Waals surface area contributed by atoms with E-state index in [9.17, 15) is 4.79 Å². The van der Waals surface area contributed by atoms with Gasteiger partial charge in [0.15, 0.2) is 0 Å². The van der Waals surface area contributed by atoms with Crippen molar-refractivity contribution in [2.75, 3.05) is 0 Å². The van der Waals surface area contributed by atoms with Crippen LogP contribution >= 0.6 is 0 Å². The highest BCUT2D eigenvalue weighted by atomic mass is 16.4. The number of H-pyrrole nitrogens is 1. The number of nitrogens with one attached hydrogen (secondary N) is 1. The zero-order valence-corrected chi connectivity index (χ0v) is 9.31. The molecule has 1 aliphatic rings. The first-order chi connectivity index (χ1) is 8.25. The third-order valence-corrected chi connectivity index (χ3v) is 3.41. The molecule has 2 heterocycles. The van der Waals surface area contributed by atoms with Crippen LogP contribution in [0, 0.1) is 0 Å². The topological polar surface area (TPSA) is 78.9 Å². The Balaban J connectivity index is 2.13. The molecule has 5 nitrogen and oxygen atoms in total. The van der Waals surface area contributed by atoms with Crippen LogP contribution in [0.5, 0.6) is 0 Å². The second kappa shape index (κ2) is 3.84. The number of aromatic nitrogens is 3. The highest BCUT2D eigenvalue weighted by Gasteiger charge is 2.25. The molecular formula is C12H13N3O2. The average Bonchev–Trinajstić information content (AvgIpc) is 2.59. The summed E-state index contributed by atoms with van der Waals surface area (Å²) in [5.41, 5.74) is 2.55. The predicted molar refractivity (Wildman–Crippen MR) is 61.8 cm³/mol. The van der Waals surface area contributed by atoms with Crippen LogP contribution in [-0.2, 0) is 11.2 Å². The lowest BCUT2D eigenvalue weighted by Gasteiger charge is -2.25. The molecule has 0 saturated heterocycles. The zero-order chi connectivity index (χ0) is 11.8. The molecule has 1 fully saturated rings. The molecule has 2 N–H and O–H groups in total. The fourth-order valence-electron chi connectivity index (χ4n) is 2.35. The number of carboxylic acid groups (broad SMARTS) is 1. The van der Waals surface area contributed by atoms with Crippen molar-refractivity contribution in [3.05, 3.63) is 23.8 Å². The minimum atomic E-state index is -0.825. The van der Waals surface area contributed by atoms with E-state index in [0.717, 1.165) is 35.1 Å². The van der Waals surface area contributed by atoms with Gasteiger partial charge < -0.3 is 10.1 Å². The molecule has 0 unspecified atom stereocenters. The summed E-state index contributed by atoms with van der Waals surface area (Å²) in [6, 6.07) is 0. The summed E-state index contributed by atoms with van der Waals surface area (Å²) in [4.78, 5) is 22.3. The van der Waals surface area contributed by atoms with Crippen LogP contribution < -0.4 is 0 Å². The van der Waals surface area contributed by atoms with Crippen LogP contribution in [0.4, 0.5) is 0 Å². The third kappa shape index (κ3) is 1.67. The smallest absolute Gasteiger partial charge is 0.307 e. The summed E-state index contributed by atoms with van der Waals surface area (Å²) < 4.78 is 0. The van der Waals surface area contributed by atoms with Crippen molar-refractivity contribution >= 4 is 17.0 Å². The standard InChI is InChI=1S/C12H13N3O2/c16-9(17)4-8-5-13-12-10(8)11(14-6-15-12)7-2-1-3-7/h5-7H,1-4H2,(H,16,17)(H,13,14,15). The van der Waals surface area contributed by atoms with Crippen molar-refractivity contribution in [2.24, 2.45) is 0 Å². The Morgan fingerprint density at radius 2 is 2.29 bits per heavy atom. The normalized spacial score (nSPS) is 16.0. The van der Waals surface area contributed by atoms with E-state index in [1.807, 2.05) is 0 Å². The largest absolute Gasteiger partial charge is 0.481 e. The van der Waals surface area contributed by atoms with E-state index in [2.05, 4.69) is 15.0 Å². The molecule has 0 aliphatic heterocycles. The Morgan fingerprint density at radius 3 is 2.94 bits per heavy atom. The van der Waals surface area contributed by atoms with Crippen molar-refractivity contribution in [1.29, 1.82) is 0 Å². The minimum absolute atomic E-state index is 0.0209. The van der Waals surface area contributed by atoms with Gasteiger partial charge in [-0.05, 0) is 18.4 Å². The molecule has 1 saturated carbocycles. The van der Waals surface area contributed by atoms with Gasteiger partial charge in [0.2, 0.25) is 0 Å². The third-order valence-electron chi connectivity index (χ3n) is 3.41. The van der Waals surface area contributed by atoms with E-state index in [-0.39, 0.29) is 6.42 Å². The molecule has 3 rings (SSSR count). The quantitative estimate of drug-likeness (QED) is 0.844. The van der Waals surface area contributed by atoms with E-state index in [1.54, 1.807) is 12.5 Å². The Morgan fingerprint density at radius 1 is 1.47 bits per heavy atom. The summed E-state index contributed by atoms with van der Waals surface area (Å²) in [5, 5.41) is 9.81. The lowest BCUT2D eigenvalue weighted by Crippen LogP contribution is -2.12. The number of aromatic amines is 1. The lowest BCUT2D eigenvalue weighted by atomic mass is 9.81. The molecule has 0 radical (unpaired) electrons. The minimum Gasteiger partial charge on any atom is -0.481 e. The van der Waals surface area contributed by atoms with Crippen LogP contribution in [0.2, 0.25) is 0 Å². The summed E-state index contributed by atoms with van der Waals surface area (Å²) in [7, 11) is 0. The zero-order valence-electron chi connectivity index (χ0n) is 9.31. The monoisotopic (exact) mass is 231 g/mol. The number of carboxylic acids is 1. The molecular weight excluding hydrogens is 218 g/mol. The van der Waals surface area contributed by atoms with Gasteiger partial charge in [0, 0.05) is 17.5 Å². The molecule has 0 amide bonds. The van der Waals surface area contributed by atoms with E-state index < -0.39 is 5.97 Å². The Labute approximate surface area is 97.9 Å². The molecule has 0 spiro atoms. The van der Waals surface area contributed by atoms with E-state index >= 15 is 0 Å². The molecule has 1 aliphatic carbocycles. The summed E-state index contributed by atoms with van der Waals surface area (Å²) in [6.45, 7) is 0. The van der Waals surface area contributed by atoms with E-state index in [0.29, 0.717) is 5.92 Å². The van der Waals surface area contributed by atoms with Crippen molar-refractivity contribution < 1.29 is 9.90 Å². The van der Waals surface area contributed by atoms with Gasteiger partial charge in [0.05, 0.1) is 12.1 Å². The summed E-state index contributed by atoms with van der Waals surface area (Å²) in [5.74, 6) is -0.349. The molecule has 0 atom stereocenters. The van der Waals surface area contributed by atoms with Gasteiger partial charge in [-0.2, -0.15) is 0 Å². The van der Waals surface area contributed by atoms with Crippen LogP contribution in [-0.4, -0.2) is 26.0 Å². The second-order valence-corrected chi connectivity index (χ2v) is 4.49. The Kier molecular flexibility index (Phi) is 2.31. The fourth-order valence-corrected chi connectivity index (χ4v) is 2.35. The maximum atomic E-state index is 10.8. The predicted octanol–water partition coefficient (Wildman–Crippen LogP) is 1.85. The second-order valence-electron chi connectivity index (χ2n) is 4.49. The molecule has 88 valence electrons. The van der Waals surface area contributed by atoms with E-state index in [4.69, 9.17) is 5.11 Å². The number of aliphatic carboxylic acids is 1. The van der Waals surface area contributed by atoms with E-state index in [1.165, 1.54) is 6.42 Å². The molecule has 5 heteroatoms. The molecule has 0 aromatic carbocycles. The van der Waals surface area contributed by atoms with Crippen molar-refractivity contribution in [3.63, 3.8) is 0 Å². The highest BCUT2D eigenvalue weighted by molar-refractivity contribution is 5.86. The van der Waals surface area contributed by atoms with Gasteiger partial charge in [-0.3, -0.25) is 4.79 Å².